The van der Waals surface area contributed by atoms with E-state index < -0.39 is 0 Å². The second-order valence-electron chi connectivity index (χ2n) is 7.00. The van der Waals surface area contributed by atoms with Crippen LogP contribution in [0.1, 0.15) is 11.1 Å². The first-order valence-electron chi connectivity index (χ1n) is 9.34. The number of hydrogen-bond acceptors (Lipinski definition) is 1. The number of rotatable bonds is 3. The van der Waals surface area contributed by atoms with E-state index in [2.05, 4.69) is 41.0 Å². The summed E-state index contributed by atoms with van der Waals surface area (Å²) in [4.78, 5) is 0. The van der Waals surface area contributed by atoms with Crippen LogP contribution in [0.3, 0.4) is 0 Å². The third-order valence-corrected chi connectivity index (χ3v) is 5.48. The van der Waals surface area contributed by atoms with Gasteiger partial charge in [0.25, 0.3) is 0 Å². The van der Waals surface area contributed by atoms with Gasteiger partial charge in [-0.2, -0.15) is 0 Å². The average molecular weight is 499 g/mol. The number of anilines is 1. The van der Waals surface area contributed by atoms with Crippen molar-refractivity contribution in [1.82, 2.24) is 4.57 Å². The molecule has 0 saturated heterocycles. The molecule has 0 saturated carbocycles. The summed E-state index contributed by atoms with van der Waals surface area (Å²) < 4.78 is 2.24. The Balaban J connectivity index is 0.00000136. The summed E-state index contributed by atoms with van der Waals surface area (Å²) in [5.74, 6) is 0. The Hall–Kier alpha value is -2.31. The van der Waals surface area contributed by atoms with Crippen molar-refractivity contribution in [3.63, 3.8) is 0 Å². The molecule has 31 heavy (non-hydrogen) atoms. The fourth-order valence-corrected chi connectivity index (χ4v) is 4.03. The number of halogens is 2. The monoisotopic (exact) mass is 497 g/mol. The topological polar surface area (TPSA) is 53.2 Å². The molecule has 0 fully saturated rings. The van der Waals surface area contributed by atoms with Gasteiger partial charge in [0, 0.05) is 27.2 Å². The van der Waals surface area contributed by atoms with Crippen molar-refractivity contribution in [3.8, 4) is 5.69 Å². The SMILES string of the molecule is [Br-].[Mg+2].[N-]=C(c1ccc(-n2c3ccccc3c3ccccc32)cc1)c1cc(Cl)ccc1N. The molecule has 0 bridgehead atoms. The Labute approximate surface area is 212 Å². The number of aromatic nitrogens is 1. The maximum Gasteiger partial charge on any atom is 2.00 e. The Morgan fingerprint density at radius 2 is 1.32 bits per heavy atom. The Bertz CT molecular complexity index is 1340. The van der Waals surface area contributed by atoms with Gasteiger partial charge in [-0.05, 0) is 53.6 Å². The molecule has 0 atom stereocenters. The standard InChI is InChI=1S/C25H17ClN3.BrH.Mg/c26-17-11-14-22(27)21(15-17)25(28)16-9-12-18(13-10-16)29-23-7-3-1-5-19(23)20-6-2-4-8-24(20)29;;/h1-15H,27H2;1H;/q-1;;+2/p-1. The molecule has 0 spiro atoms. The van der Waals surface area contributed by atoms with Crippen LogP contribution in [-0.4, -0.2) is 33.3 Å². The molecule has 6 heteroatoms. The zero-order valence-corrected chi connectivity index (χ0v) is 20.4. The number of benzene rings is 4. The molecule has 1 heterocycles. The molecule has 0 aliphatic rings. The fourth-order valence-electron chi connectivity index (χ4n) is 3.86. The maximum atomic E-state index is 10.7. The molecular formula is C25H17BrClMgN3. The van der Waals surface area contributed by atoms with Crippen LogP contribution in [0.15, 0.2) is 91.0 Å². The van der Waals surface area contributed by atoms with E-state index in [1.165, 1.54) is 10.8 Å². The molecule has 0 amide bonds. The summed E-state index contributed by atoms with van der Waals surface area (Å²) in [7, 11) is 0. The van der Waals surface area contributed by atoms with Gasteiger partial charge in [0.2, 0.25) is 0 Å². The second kappa shape index (κ2) is 9.45. The zero-order chi connectivity index (χ0) is 20.0. The molecule has 0 aliphatic heterocycles. The van der Waals surface area contributed by atoms with E-state index in [0.29, 0.717) is 21.8 Å². The fraction of sp³-hybridized carbons (Fsp3) is 0. The third-order valence-electron chi connectivity index (χ3n) is 5.25. The molecule has 148 valence electrons. The summed E-state index contributed by atoms with van der Waals surface area (Å²) in [5.41, 5.74) is 11.1. The molecule has 3 nitrogen and oxygen atoms in total. The van der Waals surface area contributed by atoms with E-state index in [-0.39, 0.29) is 45.7 Å². The van der Waals surface area contributed by atoms with Crippen molar-refractivity contribution in [2.45, 2.75) is 0 Å². The molecule has 4 aromatic carbocycles. The molecule has 5 aromatic rings. The van der Waals surface area contributed by atoms with Gasteiger partial charge in [0.1, 0.15) is 0 Å². The molecule has 2 N–H and O–H groups in total. The smallest absolute Gasteiger partial charge is 1.00 e. The van der Waals surface area contributed by atoms with Gasteiger partial charge < -0.3 is 32.7 Å². The Morgan fingerprint density at radius 3 is 1.90 bits per heavy atom. The summed E-state index contributed by atoms with van der Waals surface area (Å²) >= 11 is 6.07. The second-order valence-corrected chi connectivity index (χ2v) is 7.43. The van der Waals surface area contributed by atoms with Crippen LogP contribution >= 0.6 is 11.6 Å². The van der Waals surface area contributed by atoms with Gasteiger partial charge in [0.15, 0.2) is 0 Å². The Morgan fingerprint density at radius 1 is 0.774 bits per heavy atom. The van der Waals surface area contributed by atoms with Crippen LogP contribution in [0.2, 0.25) is 5.02 Å². The minimum absolute atomic E-state index is 0. The van der Waals surface area contributed by atoms with Gasteiger partial charge in [0.05, 0.1) is 11.0 Å². The first kappa shape index (κ1) is 23.4. The van der Waals surface area contributed by atoms with E-state index >= 15 is 0 Å². The number of nitrogen functional groups attached to an aromatic ring is 1. The van der Waals surface area contributed by atoms with Gasteiger partial charge in [-0.15, -0.1) is 5.71 Å². The van der Waals surface area contributed by atoms with Crippen molar-refractivity contribution < 1.29 is 17.0 Å². The first-order valence-corrected chi connectivity index (χ1v) is 9.71. The maximum absolute atomic E-state index is 10.7. The van der Waals surface area contributed by atoms with Crippen molar-refractivity contribution in [1.29, 1.82) is 0 Å². The van der Waals surface area contributed by atoms with Crippen LogP contribution in [-0.2, 0) is 0 Å². The van der Waals surface area contributed by atoms with Gasteiger partial charge in [-0.1, -0.05) is 60.1 Å². The van der Waals surface area contributed by atoms with Crippen LogP contribution in [0.4, 0.5) is 5.69 Å². The van der Waals surface area contributed by atoms with E-state index in [9.17, 15) is 5.41 Å². The number of nitrogens with two attached hydrogens (primary N) is 1. The molecule has 0 radical (unpaired) electrons. The van der Waals surface area contributed by atoms with E-state index in [4.69, 9.17) is 17.3 Å². The largest absolute Gasteiger partial charge is 2.00 e. The molecule has 0 aliphatic carbocycles. The van der Waals surface area contributed by atoms with Crippen molar-refractivity contribution in [2.75, 3.05) is 5.73 Å². The van der Waals surface area contributed by atoms with Crippen LogP contribution in [0.5, 0.6) is 0 Å². The minimum atomic E-state index is 0. The summed E-state index contributed by atoms with van der Waals surface area (Å²) in [6.45, 7) is 0. The Kier molecular flexibility index (Phi) is 7.12. The van der Waals surface area contributed by atoms with Crippen molar-refractivity contribution in [3.05, 3.63) is 113 Å². The molecular weight excluding hydrogens is 482 g/mol. The molecule has 1 aromatic heterocycles. The van der Waals surface area contributed by atoms with E-state index in [1.807, 2.05) is 36.4 Å². The first-order chi connectivity index (χ1) is 14.1. The van der Waals surface area contributed by atoms with Crippen molar-refractivity contribution in [2.24, 2.45) is 0 Å². The predicted molar refractivity (Wildman–Crippen MR) is 129 cm³/mol. The number of nitrogens with zero attached hydrogens (tertiary/aromatic N) is 2. The normalized spacial score (nSPS) is 10.5. The van der Waals surface area contributed by atoms with Crippen LogP contribution in [0.25, 0.3) is 32.9 Å². The quantitative estimate of drug-likeness (QED) is 0.232. The average Bonchev–Trinajstić information content (AvgIpc) is 3.10. The van der Waals surface area contributed by atoms with Crippen molar-refractivity contribution >= 4 is 67.9 Å². The number of fused-ring (bicyclic) bond motifs is 3. The van der Waals surface area contributed by atoms with Crippen LogP contribution in [0, 0.1) is 0 Å². The summed E-state index contributed by atoms with van der Waals surface area (Å²) in [6, 6.07) is 29.6. The minimum Gasteiger partial charge on any atom is -1.00 e. The van der Waals surface area contributed by atoms with Gasteiger partial charge in [-0.3, -0.25) is 0 Å². The van der Waals surface area contributed by atoms with Gasteiger partial charge >= 0.3 is 23.1 Å². The van der Waals surface area contributed by atoms with E-state index in [0.717, 1.165) is 16.7 Å². The number of para-hydroxylation sites is 2. The summed E-state index contributed by atoms with van der Waals surface area (Å²) in [6.07, 6.45) is 0. The molecule has 5 rings (SSSR count). The number of hydrogen-bond donors (Lipinski definition) is 1. The summed E-state index contributed by atoms with van der Waals surface area (Å²) in [5, 5.41) is 13.7. The zero-order valence-electron chi connectivity index (χ0n) is 16.6. The van der Waals surface area contributed by atoms with Gasteiger partial charge in [-0.25, -0.2) is 0 Å². The van der Waals surface area contributed by atoms with E-state index in [1.54, 1.807) is 18.2 Å². The predicted octanol–water partition coefficient (Wildman–Crippen LogP) is 3.05. The van der Waals surface area contributed by atoms with Crippen LogP contribution < -0.4 is 22.7 Å². The molecule has 0 unspecified atom stereocenters. The third kappa shape index (κ3) is 4.11.